The molecule has 1 aromatic rings. The molecular formula is C8H8BrNO3. The molecule has 0 spiro atoms. The van der Waals surface area contributed by atoms with Crippen LogP contribution >= 0.6 is 15.9 Å². The molecule has 4 nitrogen and oxygen atoms in total. The van der Waals surface area contributed by atoms with Gasteiger partial charge in [0.05, 0.1) is 0 Å². The van der Waals surface area contributed by atoms with Gasteiger partial charge in [0, 0.05) is 4.92 Å². The van der Waals surface area contributed by atoms with Crippen LogP contribution in [0.1, 0.15) is 11.7 Å². The van der Waals surface area contributed by atoms with Crippen LogP contribution in [-0.4, -0.2) is 15.0 Å². The van der Waals surface area contributed by atoms with Crippen molar-refractivity contribution in [2.75, 3.05) is 0 Å². The van der Waals surface area contributed by atoms with Gasteiger partial charge in [-0.2, -0.15) is 0 Å². The Morgan fingerprint density at radius 3 is 2.38 bits per heavy atom. The van der Waals surface area contributed by atoms with Gasteiger partial charge in [0.2, 0.25) is 0 Å². The molecule has 0 amide bonds. The Morgan fingerprint density at radius 1 is 1.38 bits per heavy atom. The van der Waals surface area contributed by atoms with Crippen LogP contribution in [0.3, 0.4) is 0 Å². The van der Waals surface area contributed by atoms with Crippen molar-refractivity contribution in [2.24, 2.45) is 0 Å². The van der Waals surface area contributed by atoms with Crippen molar-refractivity contribution < 1.29 is 10.0 Å². The van der Waals surface area contributed by atoms with Crippen molar-refractivity contribution in [1.29, 1.82) is 0 Å². The summed E-state index contributed by atoms with van der Waals surface area (Å²) in [6.07, 6.45) is -1.11. The molecular weight excluding hydrogens is 238 g/mol. The van der Waals surface area contributed by atoms with Gasteiger partial charge >= 0.3 is 0 Å². The fourth-order valence-electron chi connectivity index (χ4n) is 0.924. The summed E-state index contributed by atoms with van der Waals surface area (Å²) in [7, 11) is 0. The molecule has 0 aliphatic carbocycles. The maximum Gasteiger partial charge on any atom is 0.295 e. The number of nitro groups is 1. The molecule has 0 aromatic heterocycles. The Hall–Kier alpha value is -0.940. The van der Waals surface area contributed by atoms with E-state index < -0.39 is 16.0 Å². The summed E-state index contributed by atoms with van der Waals surface area (Å²) in [5.41, 5.74) is 0.529. The lowest BCUT2D eigenvalue weighted by atomic mass is 10.1. The van der Waals surface area contributed by atoms with Crippen molar-refractivity contribution in [3.63, 3.8) is 0 Å². The van der Waals surface area contributed by atoms with Gasteiger partial charge in [0.1, 0.15) is 0 Å². The summed E-state index contributed by atoms with van der Waals surface area (Å²) in [5, 5.41) is 19.8. The van der Waals surface area contributed by atoms with Crippen molar-refractivity contribution in [3.8, 4) is 0 Å². The van der Waals surface area contributed by atoms with Crippen molar-refractivity contribution in [1.82, 2.24) is 0 Å². The highest BCUT2D eigenvalue weighted by atomic mass is 79.9. The molecule has 0 aliphatic rings. The van der Waals surface area contributed by atoms with Crippen molar-refractivity contribution >= 4 is 15.9 Å². The summed E-state index contributed by atoms with van der Waals surface area (Å²) in [6.45, 7) is 0. The van der Waals surface area contributed by atoms with Gasteiger partial charge in [-0.05, 0) is 21.5 Å². The molecule has 0 bridgehead atoms. The van der Waals surface area contributed by atoms with E-state index in [2.05, 4.69) is 15.9 Å². The number of halogens is 1. The monoisotopic (exact) mass is 245 g/mol. The Labute approximate surface area is 83.5 Å². The zero-order valence-corrected chi connectivity index (χ0v) is 8.22. The second-order valence-electron chi connectivity index (χ2n) is 2.51. The summed E-state index contributed by atoms with van der Waals surface area (Å²) in [4.78, 5) is 8.58. The number of hydrogen-bond donors (Lipinski definition) is 1. The Morgan fingerprint density at radius 2 is 1.92 bits per heavy atom. The molecule has 0 unspecified atom stereocenters. The Bertz CT molecular complexity index is 291. The first kappa shape index (κ1) is 10.1. The third kappa shape index (κ3) is 2.50. The molecule has 0 heterocycles. The van der Waals surface area contributed by atoms with E-state index in [1.165, 1.54) is 0 Å². The van der Waals surface area contributed by atoms with E-state index in [4.69, 9.17) is 0 Å². The fraction of sp³-hybridized carbons (Fsp3) is 0.250. The second-order valence-corrected chi connectivity index (χ2v) is 3.45. The van der Waals surface area contributed by atoms with Gasteiger partial charge in [0.25, 0.3) is 4.95 Å². The summed E-state index contributed by atoms with van der Waals surface area (Å²) >= 11 is 2.80. The number of hydrogen-bond acceptors (Lipinski definition) is 3. The largest absolute Gasteiger partial charge is 0.380 e. The number of aliphatic hydroxyl groups excluding tert-OH is 1. The minimum absolute atomic E-state index is 0.529. The molecule has 1 rings (SSSR count). The molecule has 13 heavy (non-hydrogen) atoms. The van der Waals surface area contributed by atoms with E-state index in [1.807, 2.05) is 0 Å². The molecule has 0 saturated heterocycles. The predicted octanol–water partition coefficient (Wildman–Crippen LogP) is 1.72. The summed E-state index contributed by atoms with van der Waals surface area (Å²) in [6, 6.07) is 8.51. The van der Waals surface area contributed by atoms with Crippen LogP contribution < -0.4 is 0 Å². The van der Waals surface area contributed by atoms with Crippen LogP contribution in [-0.2, 0) is 0 Å². The SMILES string of the molecule is O=[N+]([O-])[C@H](Br)[C@@H](O)c1ccccc1. The van der Waals surface area contributed by atoms with E-state index in [1.54, 1.807) is 30.3 Å². The van der Waals surface area contributed by atoms with Crippen molar-refractivity contribution in [2.45, 2.75) is 11.1 Å². The number of benzene rings is 1. The van der Waals surface area contributed by atoms with Crippen LogP contribution in [0.2, 0.25) is 0 Å². The first-order chi connectivity index (χ1) is 6.13. The predicted molar refractivity (Wildman–Crippen MR) is 51.1 cm³/mol. The maximum absolute atomic E-state index is 10.3. The van der Waals surface area contributed by atoms with Crippen LogP contribution in [0.25, 0.3) is 0 Å². The van der Waals surface area contributed by atoms with Crippen LogP contribution in [0.4, 0.5) is 0 Å². The highest BCUT2D eigenvalue weighted by Crippen LogP contribution is 2.22. The highest BCUT2D eigenvalue weighted by molar-refractivity contribution is 9.09. The van der Waals surface area contributed by atoms with Gasteiger partial charge in [-0.3, -0.25) is 10.1 Å². The lowest BCUT2D eigenvalue weighted by molar-refractivity contribution is -0.505. The average Bonchev–Trinajstić information content (AvgIpc) is 2.17. The molecule has 1 N–H and O–H groups in total. The van der Waals surface area contributed by atoms with Gasteiger partial charge < -0.3 is 5.11 Å². The second kappa shape index (κ2) is 4.34. The molecule has 0 radical (unpaired) electrons. The minimum atomic E-state index is -1.16. The lowest BCUT2D eigenvalue weighted by Crippen LogP contribution is -2.20. The number of nitrogens with zero attached hydrogens (tertiary/aromatic N) is 1. The van der Waals surface area contributed by atoms with Gasteiger partial charge in [0.15, 0.2) is 6.10 Å². The Balaban J connectivity index is 2.79. The summed E-state index contributed by atoms with van der Waals surface area (Å²) in [5.74, 6) is 0. The fourth-order valence-corrected chi connectivity index (χ4v) is 1.23. The smallest absolute Gasteiger partial charge is 0.295 e. The topological polar surface area (TPSA) is 63.4 Å². The molecule has 1 aromatic carbocycles. The summed E-state index contributed by atoms with van der Waals surface area (Å²) < 4.78 is 0. The van der Waals surface area contributed by atoms with Gasteiger partial charge in [-0.15, -0.1) is 0 Å². The number of alkyl halides is 1. The minimum Gasteiger partial charge on any atom is -0.380 e. The quantitative estimate of drug-likeness (QED) is 0.382. The highest BCUT2D eigenvalue weighted by Gasteiger charge is 2.27. The molecule has 5 heteroatoms. The van der Waals surface area contributed by atoms with E-state index >= 15 is 0 Å². The molecule has 0 saturated carbocycles. The third-order valence-corrected chi connectivity index (χ3v) is 2.44. The van der Waals surface area contributed by atoms with Crippen LogP contribution in [0, 0.1) is 10.1 Å². The Kier molecular flexibility index (Phi) is 3.39. The molecule has 2 atom stereocenters. The standard InChI is InChI=1S/C8H8BrNO3/c9-8(10(12)13)7(11)6-4-2-1-3-5-6/h1-5,7-8,11H/t7-,8-/m0/s1. The molecule has 0 fully saturated rings. The third-order valence-electron chi connectivity index (χ3n) is 1.60. The normalized spacial score (nSPS) is 14.9. The van der Waals surface area contributed by atoms with Crippen LogP contribution in [0.5, 0.6) is 0 Å². The maximum atomic E-state index is 10.3. The van der Waals surface area contributed by atoms with Crippen LogP contribution in [0.15, 0.2) is 30.3 Å². The first-order valence-corrected chi connectivity index (χ1v) is 4.55. The zero-order valence-electron chi connectivity index (χ0n) is 6.63. The van der Waals surface area contributed by atoms with Gasteiger partial charge in [-0.25, -0.2) is 0 Å². The number of aliphatic hydroxyl groups is 1. The molecule has 0 aliphatic heterocycles. The average molecular weight is 246 g/mol. The number of rotatable bonds is 3. The lowest BCUT2D eigenvalue weighted by Gasteiger charge is -2.10. The van der Waals surface area contributed by atoms with E-state index in [-0.39, 0.29) is 0 Å². The van der Waals surface area contributed by atoms with E-state index in [9.17, 15) is 15.2 Å². The zero-order chi connectivity index (χ0) is 9.84. The van der Waals surface area contributed by atoms with E-state index in [0.717, 1.165) is 0 Å². The first-order valence-electron chi connectivity index (χ1n) is 3.63. The van der Waals surface area contributed by atoms with Gasteiger partial charge in [-0.1, -0.05) is 30.3 Å². The van der Waals surface area contributed by atoms with Crippen molar-refractivity contribution in [3.05, 3.63) is 46.0 Å². The van der Waals surface area contributed by atoms with E-state index in [0.29, 0.717) is 5.56 Å². The molecule has 70 valence electrons.